The summed E-state index contributed by atoms with van der Waals surface area (Å²) in [5.41, 5.74) is 2.51. The van der Waals surface area contributed by atoms with Crippen LogP contribution in [0.5, 0.6) is 0 Å². The summed E-state index contributed by atoms with van der Waals surface area (Å²) in [6.07, 6.45) is 0. The number of benzene rings is 2. The minimum atomic E-state index is 0.793. The molecule has 17 heavy (non-hydrogen) atoms. The maximum absolute atomic E-state index is 4.25. The first-order valence-corrected chi connectivity index (χ1v) is 7.47. The van der Waals surface area contributed by atoms with Gasteiger partial charge in [-0.3, -0.25) is 0 Å². The normalized spacial score (nSPS) is 10.5. The van der Waals surface area contributed by atoms with Gasteiger partial charge in [0.05, 0.1) is 0 Å². The molecule has 0 unspecified atom stereocenters. The second-order valence-electron chi connectivity index (χ2n) is 3.71. The van der Waals surface area contributed by atoms with Crippen molar-refractivity contribution in [3.63, 3.8) is 0 Å². The van der Waals surface area contributed by atoms with Crippen LogP contribution in [0.3, 0.4) is 0 Å². The van der Waals surface area contributed by atoms with E-state index in [0.717, 1.165) is 11.5 Å². The molecule has 0 atom stereocenters. The molecule has 3 heteroatoms. The van der Waals surface area contributed by atoms with Crippen LogP contribution in [0.4, 0.5) is 0 Å². The largest absolute Gasteiger partial charge is 0.175 e. The van der Waals surface area contributed by atoms with Crippen molar-refractivity contribution in [2.24, 2.45) is 0 Å². The van der Waals surface area contributed by atoms with Crippen molar-refractivity contribution in [3.05, 3.63) is 59.7 Å². The Hall–Kier alpha value is -0.510. The topological polar surface area (TPSA) is 0 Å². The monoisotopic (exact) mass is 278 g/mol. The zero-order valence-corrected chi connectivity index (χ0v) is 11.9. The second kappa shape index (κ2) is 6.43. The molecule has 0 saturated carbocycles. The van der Waals surface area contributed by atoms with Crippen LogP contribution in [0, 0.1) is 0 Å². The Bertz CT molecular complexity index is 414. The van der Waals surface area contributed by atoms with Crippen molar-refractivity contribution in [1.82, 2.24) is 0 Å². The van der Waals surface area contributed by atoms with Gasteiger partial charge in [0.2, 0.25) is 0 Å². The summed E-state index contributed by atoms with van der Waals surface area (Å²) in [5.74, 6) is 1.59. The third-order valence-electron chi connectivity index (χ3n) is 2.45. The first-order valence-electron chi connectivity index (χ1n) is 5.39. The Balaban J connectivity index is 2.08. The average molecular weight is 278 g/mol. The van der Waals surface area contributed by atoms with Gasteiger partial charge in [0.15, 0.2) is 0 Å². The Morgan fingerprint density at radius 3 is 1.29 bits per heavy atom. The predicted molar refractivity (Wildman–Crippen MR) is 82.4 cm³/mol. The van der Waals surface area contributed by atoms with Crippen LogP contribution in [-0.4, -0.2) is 0 Å². The van der Waals surface area contributed by atoms with Crippen molar-refractivity contribution >= 4 is 37.0 Å². The third kappa shape index (κ3) is 3.73. The Kier molecular flexibility index (Phi) is 4.89. The molecule has 2 aromatic carbocycles. The second-order valence-corrected chi connectivity index (χ2v) is 5.49. The van der Waals surface area contributed by atoms with E-state index in [9.17, 15) is 0 Å². The first kappa shape index (κ1) is 12.9. The fourth-order valence-electron chi connectivity index (χ4n) is 1.46. The van der Waals surface area contributed by atoms with Gasteiger partial charge in [0.1, 0.15) is 0 Å². The Morgan fingerprint density at radius 2 is 1.00 bits per heavy atom. The standard InChI is InChI=1S/C14H14S3/c15-9-11-1-5-13(6-2-11)17-14-7-3-12(10-16)4-8-14/h1-8,15-16H,9-10H2. The molecule has 2 rings (SSSR count). The van der Waals surface area contributed by atoms with Crippen molar-refractivity contribution in [2.45, 2.75) is 21.3 Å². The SMILES string of the molecule is SCc1ccc(Sc2ccc(CS)cc2)cc1. The third-order valence-corrected chi connectivity index (χ3v) is 4.19. The number of hydrogen-bond donors (Lipinski definition) is 2. The molecule has 0 amide bonds. The average Bonchev–Trinajstić information content (AvgIpc) is 2.40. The molecule has 0 spiro atoms. The van der Waals surface area contributed by atoms with Crippen LogP contribution in [0.25, 0.3) is 0 Å². The summed E-state index contributed by atoms with van der Waals surface area (Å²) in [6, 6.07) is 17.1. The van der Waals surface area contributed by atoms with Gasteiger partial charge in [-0.15, -0.1) is 0 Å². The molecule has 0 nitrogen and oxygen atoms in total. The molecule has 2 aromatic rings. The highest BCUT2D eigenvalue weighted by atomic mass is 32.2. The van der Waals surface area contributed by atoms with E-state index in [1.165, 1.54) is 20.9 Å². The van der Waals surface area contributed by atoms with Gasteiger partial charge in [-0.1, -0.05) is 36.0 Å². The smallest absolute Gasteiger partial charge is 0.0154 e. The van der Waals surface area contributed by atoms with Gasteiger partial charge in [0.25, 0.3) is 0 Å². The molecular weight excluding hydrogens is 264 g/mol. The quantitative estimate of drug-likeness (QED) is 0.765. The lowest BCUT2D eigenvalue weighted by atomic mass is 10.2. The fraction of sp³-hybridized carbons (Fsp3) is 0.143. The lowest BCUT2D eigenvalue weighted by molar-refractivity contribution is 1.32. The number of hydrogen-bond acceptors (Lipinski definition) is 3. The number of rotatable bonds is 4. The van der Waals surface area contributed by atoms with Crippen molar-refractivity contribution in [1.29, 1.82) is 0 Å². The summed E-state index contributed by atoms with van der Waals surface area (Å²) >= 11 is 10.3. The van der Waals surface area contributed by atoms with Crippen LogP contribution in [0.2, 0.25) is 0 Å². The highest BCUT2D eigenvalue weighted by Crippen LogP contribution is 2.28. The molecule has 0 aromatic heterocycles. The first-order chi connectivity index (χ1) is 8.31. The molecule has 88 valence electrons. The summed E-state index contributed by atoms with van der Waals surface area (Å²) in [7, 11) is 0. The van der Waals surface area contributed by atoms with Crippen LogP contribution < -0.4 is 0 Å². The van der Waals surface area contributed by atoms with Crippen LogP contribution in [-0.2, 0) is 11.5 Å². The van der Waals surface area contributed by atoms with E-state index >= 15 is 0 Å². The summed E-state index contributed by atoms with van der Waals surface area (Å²) in [5, 5.41) is 0. The predicted octanol–water partition coefficient (Wildman–Crippen LogP) is 4.70. The van der Waals surface area contributed by atoms with E-state index in [4.69, 9.17) is 0 Å². The van der Waals surface area contributed by atoms with E-state index in [1.807, 2.05) is 0 Å². The molecule has 0 heterocycles. The summed E-state index contributed by atoms with van der Waals surface area (Å²) in [4.78, 5) is 2.52. The van der Waals surface area contributed by atoms with E-state index in [0.29, 0.717) is 0 Å². The van der Waals surface area contributed by atoms with Crippen molar-refractivity contribution < 1.29 is 0 Å². The zero-order valence-electron chi connectivity index (χ0n) is 9.34. The maximum Gasteiger partial charge on any atom is 0.0154 e. The minimum absolute atomic E-state index is 0.793. The highest BCUT2D eigenvalue weighted by molar-refractivity contribution is 7.99. The van der Waals surface area contributed by atoms with Gasteiger partial charge in [-0.25, -0.2) is 0 Å². The molecule has 0 aliphatic carbocycles. The molecule has 0 radical (unpaired) electrons. The van der Waals surface area contributed by atoms with Crippen LogP contribution in [0.1, 0.15) is 11.1 Å². The summed E-state index contributed by atoms with van der Waals surface area (Å²) < 4.78 is 0. The van der Waals surface area contributed by atoms with E-state index in [-0.39, 0.29) is 0 Å². The van der Waals surface area contributed by atoms with Crippen molar-refractivity contribution in [3.8, 4) is 0 Å². The molecule has 0 saturated heterocycles. The van der Waals surface area contributed by atoms with Gasteiger partial charge in [-0.05, 0) is 35.4 Å². The van der Waals surface area contributed by atoms with E-state index < -0.39 is 0 Å². The molecule has 0 aliphatic rings. The highest BCUT2D eigenvalue weighted by Gasteiger charge is 1.98. The van der Waals surface area contributed by atoms with Crippen LogP contribution in [0.15, 0.2) is 58.3 Å². The molecule has 0 fully saturated rings. The molecule has 0 N–H and O–H groups in total. The Labute approximate surface area is 118 Å². The van der Waals surface area contributed by atoms with Gasteiger partial charge in [0, 0.05) is 21.3 Å². The molecule has 0 bridgehead atoms. The summed E-state index contributed by atoms with van der Waals surface area (Å²) in [6.45, 7) is 0. The van der Waals surface area contributed by atoms with E-state index in [1.54, 1.807) is 11.8 Å². The fourth-order valence-corrected chi connectivity index (χ4v) is 2.70. The lowest BCUT2D eigenvalue weighted by Crippen LogP contribution is -1.79. The van der Waals surface area contributed by atoms with Gasteiger partial charge in [-0.2, -0.15) is 25.3 Å². The lowest BCUT2D eigenvalue weighted by Gasteiger charge is -2.03. The number of thiol groups is 2. The zero-order chi connectivity index (χ0) is 12.1. The van der Waals surface area contributed by atoms with Crippen LogP contribution >= 0.6 is 37.0 Å². The van der Waals surface area contributed by atoms with Crippen molar-refractivity contribution in [2.75, 3.05) is 0 Å². The maximum atomic E-state index is 4.25. The minimum Gasteiger partial charge on any atom is -0.175 e. The Morgan fingerprint density at radius 1 is 0.647 bits per heavy atom. The van der Waals surface area contributed by atoms with Gasteiger partial charge >= 0.3 is 0 Å². The molecular formula is C14H14S3. The van der Waals surface area contributed by atoms with Gasteiger partial charge < -0.3 is 0 Å². The molecule has 0 aliphatic heterocycles. The van der Waals surface area contributed by atoms with E-state index in [2.05, 4.69) is 73.8 Å².